The van der Waals surface area contributed by atoms with Crippen molar-refractivity contribution in [1.29, 1.82) is 5.26 Å². The molecule has 0 bridgehead atoms. The van der Waals surface area contributed by atoms with Crippen LogP contribution in [0.4, 0.5) is 16.5 Å². The Morgan fingerprint density at radius 2 is 1.89 bits per heavy atom. The first-order valence-corrected chi connectivity index (χ1v) is 13.1. The van der Waals surface area contributed by atoms with Crippen molar-refractivity contribution in [2.45, 2.75) is 18.9 Å². The molecule has 1 aliphatic rings. The molecule has 1 aliphatic heterocycles. The van der Waals surface area contributed by atoms with Crippen LogP contribution in [0, 0.1) is 11.3 Å². The number of amides is 1. The Morgan fingerprint density at radius 1 is 1.16 bits per heavy atom. The summed E-state index contributed by atoms with van der Waals surface area (Å²) >= 11 is 1.46. The lowest BCUT2D eigenvalue weighted by molar-refractivity contribution is 0.0820. The maximum absolute atomic E-state index is 12.7. The number of hydrogen-bond acceptors (Lipinski definition) is 9. The van der Waals surface area contributed by atoms with Crippen LogP contribution in [0.1, 0.15) is 28.9 Å². The molecule has 0 radical (unpaired) electrons. The summed E-state index contributed by atoms with van der Waals surface area (Å²) in [5.41, 5.74) is 4.30. The number of hydrogen-bond donors (Lipinski definition) is 2. The largest absolute Gasteiger partial charge is 0.381 e. The standard InChI is InChI=1S/C27H27N7O3S/c1-33(2)26(36)24-25(35)30-19-12-21(23(13-20(19)29-24)34(3)18-8-10-37-11-9-18)31-27-32-22(15-38-27)17-6-4-16(14-28)5-7-17/h4-7,12-13,15,18H,8-11H2,1-3H3,(H,30,35)(H,31,32). The number of nitrogens with one attached hydrogen (secondary N) is 2. The van der Waals surface area contributed by atoms with Crippen molar-refractivity contribution >= 4 is 44.8 Å². The second kappa shape index (κ2) is 10.6. The lowest BCUT2D eigenvalue weighted by Gasteiger charge is -2.34. The molecule has 0 aliphatic carbocycles. The molecule has 38 heavy (non-hydrogen) atoms. The SMILES string of the molecule is CN(C)C(=O)c1nc2cc(N(C)C3CCOCC3)c(Nc3nc(-c4ccc(C#N)cc4)cs3)cc2[nH]c1=O. The van der Waals surface area contributed by atoms with E-state index in [1.807, 2.05) is 36.7 Å². The fourth-order valence-electron chi connectivity index (χ4n) is 4.43. The molecule has 0 atom stereocenters. The van der Waals surface area contributed by atoms with Crippen LogP contribution in [0.15, 0.2) is 46.6 Å². The van der Waals surface area contributed by atoms with Gasteiger partial charge in [-0.3, -0.25) is 9.59 Å². The van der Waals surface area contributed by atoms with Crippen LogP contribution in [0.5, 0.6) is 0 Å². The zero-order chi connectivity index (χ0) is 26.8. The number of carbonyl (C=O) groups excluding carboxylic acids is 1. The van der Waals surface area contributed by atoms with Crippen LogP contribution in [0.3, 0.4) is 0 Å². The second-order valence-electron chi connectivity index (χ2n) is 9.31. The Hall–Kier alpha value is -4.27. The number of rotatable bonds is 6. The van der Waals surface area contributed by atoms with Gasteiger partial charge in [0.2, 0.25) is 0 Å². The number of nitriles is 1. The van der Waals surface area contributed by atoms with Crippen molar-refractivity contribution in [2.24, 2.45) is 0 Å². The van der Waals surface area contributed by atoms with Crippen LogP contribution in [-0.4, -0.2) is 66.2 Å². The van der Waals surface area contributed by atoms with E-state index in [-0.39, 0.29) is 11.7 Å². The van der Waals surface area contributed by atoms with Crippen LogP contribution >= 0.6 is 11.3 Å². The highest BCUT2D eigenvalue weighted by Crippen LogP contribution is 2.36. The van der Waals surface area contributed by atoms with Crippen molar-refractivity contribution in [2.75, 3.05) is 44.6 Å². The molecule has 194 valence electrons. The molecule has 2 aromatic carbocycles. The van der Waals surface area contributed by atoms with Gasteiger partial charge in [0.15, 0.2) is 10.8 Å². The van der Waals surface area contributed by atoms with E-state index in [9.17, 15) is 9.59 Å². The molecule has 1 amide bonds. The van der Waals surface area contributed by atoms with Gasteiger partial charge in [-0.2, -0.15) is 5.26 Å². The summed E-state index contributed by atoms with van der Waals surface area (Å²) in [4.78, 5) is 40.7. The van der Waals surface area contributed by atoms with Gasteiger partial charge in [0.05, 0.1) is 39.7 Å². The van der Waals surface area contributed by atoms with Crippen LogP contribution in [0.25, 0.3) is 22.3 Å². The van der Waals surface area contributed by atoms with Gasteiger partial charge in [0.25, 0.3) is 11.5 Å². The Bertz CT molecular complexity index is 1580. The van der Waals surface area contributed by atoms with Crippen molar-refractivity contribution in [1.82, 2.24) is 19.9 Å². The van der Waals surface area contributed by atoms with Crippen molar-refractivity contribution in [3.8, 4) is 17.3 Å². The number of nitrogens with zero attached hydrogens (tertiary/aromatic N) is 5. The highest BCUT2D eigenvalue weighted by atomic mass is 32.1. The Balaban J connectivity index is 1.55. The first-order chi connectivity index (χ1) is 18.3. The molecule has 3 heterocycles. The van der Waals surface area contributed by atoms with E-state index in [1.54, 1.807) is 26.2 Å². The lowest BCUT2D eigenvalue weighted by atomic mass is 10.1. The number of H-pyrrole nitrogens is 1. The van der Waals surface area contributed by atoms with E-state index in [1.165, 1.54) is 16.2 Å². The molecular formula is C27H27N7O3S. The number of thiazole rings is 1. The molecule has 1 fully saturated rings. The molecule has 10 nitrogen and oxygen atoms in total. The molecule has 0 spiro atoms. The third-order valence-electron chi connectivity index (χ3n) is 6.59. The van der Waals surface area contributed by atoms with Gasteiger partial charge in [0.1, 0.15) is 0 Å². The Kier molecular flexibility index (Phi) is 7.09. The maximum Gasteiger partial charge on any atom is 0.280 e. The first kappa shape index (κ1) is 25.4. The van der Waals surface area contributed by atoms with Crippen molar-refractivity contribution in [3.63, 3.8) is 0 Å². The topological polar surface area (TPSA) is 127 Å². The van der Waals surface area contributed by atoms with Crippen molar-refractivity contribution in [3.05, 3.63) is 63.4 Å². The summed E-state index contributed by atoms with van der Waals surface area (Å²) < 4.78 is 5.56. The van der Waals surface area contributed by atoms with E-state index >= 15 is 0 Å². The molecule has 2 N–H and O–H groups in total. The van der Waals surface area contributed by atoms with E-state index in [0.717, 1.165) is 35.5 Å². The Labute approximate surface area is 223 Å². The predicted molar refractivity (Wildman–Crippen MR) is 148 cm³/mol. The van der Waals surface area contributed by atoms with Crippen LogP contribution in [-0.2, 0) is 4.74 Å². The van der Waals surface area contributed by atoms with Gasteiger partial charge < -0.3 is 24.8 Å². The van der Waals surface area contributed by atoms with E-state index in [2.05, 4.69) is 26.3 Å². The molecular weight excluding hydrogens is 502 g/mol. The fourth-order valence-corrected chi connectivity index (χ4v) is 5.17. The van der Waals surface area contributed by atoms with E-state index in [0.29, 0.717) is 34.9 Å². The number of anilines is 3. The zero-order valence-corrected chi connectivity index (χ0v) is 22.1. The summed E-state index contributed by atoms with van der Waals surface area (Å²) in [5, 5.41) is 15.1. The third kappa shape index (κ3) is 5.09. The van der Waals surface area contributed by atoms with Gasteiger partial charge in [-0.25, -0.2) is 9.97 Å². The Morgan fingerprint density at radius 3 is 2.58 bits per heavy atom. The molecule has 5 rings (SSSR count). The lowest BCUT2D eigenvalue weighted by Crippen LogP contribution is -2.37. The highest BCUT2D eigenvalue weighted by molar-refractivity contribution is 7.14. The van der Waals surface area contributed by atoms with Gasteiger partial charge in [-0.15, -0.1) is 11.3 Å². The van der Waals surface area contributed by atoms with Gasteiger partial charge in [-0.1, -0.05) is 12.1 Å². The van der Waals surface area contributed by atoms with Crippen molar-refractivity contribution < 1.29 is 9.53 Å². The predicted octanol–water partition coefficient (Wildman–Crippen LogP) is 3.98. The summed E-state index contributed by atoms with van der Waals surface area (Å²) in [7, 11) is 5.21. The minimum Gasteiger partial charge on any atom is -0.381 e. The summed E-state index contributed by atoms with van der Waals surface area (Å²) in [6.45, 7) is 1.39. The summed E-state index contributed by atoms with van der Waals surface area (Å²) in [6, 6.07) is 13.4. The molecule has 0 unspecified atom stereocenters. The molecule has 11 heteroatoms. The maximum atomic E-state index is 12.7. The van der Waals surface area contributed by atoms with E-state index in [4.69, 9.17) is 15.0 Å². The zero-order valence-electron chi connectivity index (χ0n) is 21.3. The monoisotopic (exact) mass is 529 g/mol. The number of aromatic amines is 1. The molecule has 0 saturated carbocycles. The normalized spacial score (nSPS) is 13.7. The van der Waals surface area contributed by atoms with E-state index < -0.39 is 11.5 Å². The van der Waals surface area contributed by atoms with Gasteiger partial charge >= 0.3 is 0 Å². The smallest absolute Gasteiger partial charge is 0.280 e. The third-order valence-corrected chi connectivity index (χ3v) is 7.35. The number of aromatic nitrogens is 3. The van der Waals surface area contributed by atoms with Gasteiger partial charge in [-0.05, 0) is 37.1 Å². The summed E-state index contributed by atoms with van der Waals surface area (Å²) in [6.07, 6.45) is 1.77. The minimum absolute atomic E-state index is 0.144. The van der Waals surface area contributed by atoms with Gasteiger partial charge in [0, 0.05) is 51.3 Å². The van der Waals surface area contributed by atoms with Crippen LogP contribution < -0.4 is 15.8 Å². The molecule has 2 aromatic heterocycles. The number of carbonyl (C=O) groups is 1. The number of ether oxygens (including phenoxy) is 1. The molecule has 4 aromatic rings. The fraction of sp³-hybridized carbons (Fsp3) is 0.296. The summed E-state index contributed by atoms with van der Waals surface area (Å²) in [5.74, 6) is -0.451. The average molecular weight is 530 g/mol. The number of benzene rings is 2. The second-order valence-corrected chi connectivity index (χ2v) is 10.2. The quantitative estimate of drug-likeness (QED) is 0.384. The first-order valence-electron chi connectivity index (χ1n) is 12.2. The molecule has 1 saturated heterocycles. The number of fused-ring (bicyclic) bond motifs is 1. The average Bonchev–Trinajstić information content (AvgIpc) is 3.40. The highest BCUT2D eigenvalue weighted by Gasteiger charge is 2.23. The van der Waals surface area contributed by atoms with Crippen LogP contribution in [0.2, 0.25) is 0 Å². The minimum atomic E-state index is -0.537.